The Morgan fingerprint density at radius 3 is 2.81 bits per heavy atom. The first kappa shape index (κ1) is 12.3. The van der Waals surface area contributed by atoms with Crippen LogP contribution in [0.5, 0.6) is 0 Å². The first-order valence-corrected chi connectivity index (χ1v) is 5.27. The number of carbonyl (C=O) groups excluding carboxylic acids is 1. The van der Waals surface area contributed by atoms with Gasteiger partial charge in [0, 0.05) is 18.7 Å². The predicted molar refractivity (Wildman–Crippen MR) is 64.1 cm³/mol. The molecule has 16 heavy (non-hydrogen) atoms. The van der Waals surface area contributed by atoms with Crippen LogP contribution < -0.4 is 5.32 Å². The van der Waals surface area contributed by atoms with E-state index in [2.05, 4.69) is 22.1 Å². The lowest BCUT2D eigenvalue weighted by Gasteiger charge is -2.06. The molecule has 1 aromatic rings. The van der Waals surface area contributed by atoms with Gasteiger partial charge < -0.3 is 5.32 Å². The molecule has 0 spiro atoms. The Morgan fingerprint density at radius 1 is 1.44 bits per heavy atom. The second-order valence-electron chi connectivity index (χ2n) is 3.52. The van der Waals surface area contributed by atoms with Crippen molar-refractivity contribution in [3.8, 4) is 11.8 Å². The zero-order chi connectivity index (χ0) is 12.0. The van der Waals surface area contributed by atoms with Gasteiger partial charge in [-0.1, -0.05) is 0 Å². The molecule has 0 fully saturated rings. The molecule has 0 atom stereocenters. The molecule has 0 aromatic carbocycles. The summed E-state index contributed by atoms with van der Waals surface area (Å²) in [6, 6.07) is 3.65. The van der Waals surface area contributed by atoms with Crippen molar-refractivity contribution in [1.29, 1.82) is 0 Å². The molecule has 0 bridgehead atoms. The molecule has 0 unspecified atom stereocenters. The summed E-state index contributed by atoms with van der Waals surface area (Å²) in [5, 5.41) is 2.81. The fourth-order valence-corrected chi connectivity index (χ4v) is 1.39. The third kappa shape index (κ3) is 3.39. The number of aromatic nitrogens is 1. The maximum atomic E-state index is 11.7. The van der Waals surface area contributed by atoms with Crippen LogP contribution in [0.25, 0.3) is 0 Å². The van der Waals surface area contributed by atoms with Crippen molar-refractivity contribution in [3.05, 3.63) is 29.1 Å². The van der Waals surface area contributed by atoms with Crippen LogP contribution in [0.3, 0.4) is 0 Å². The topological polar surface area (TPSA) is 42.0 Å². The van der Waals surface area contributed by atoms with E-state index in [9.17, 15) is 4.79 Å². The summed E-state index contributed by atoms with van der Waals surface area (Å²) < 4.78 is 0. The summed E-state index contributed by atoms with van der Waals surface area (Å²) in [6.45, 7) is 6.11. The van der Waals surface area contributed by atoms with Crippen LogP contribution in [-0.4, -0.2) is 17.4 Å². The summed E-state index contributed by atoms with van der Waals surface area (Å²) in [6.07, 6.45) is 0.681. The van der Waals surface area contributed by atoms with E-state index >= 15 is 0 Å². The molecule has 0 aliphatic rings. The number of carbonyl (C=O) groups is 1. The number of aryl methyl sites for hydroxylation is 2. The van der Waals surface area contributed by atoms with Crippen LogP contribution >= 0.6 is 0 Å². The van der Waals surface area contributed by atoms with E-state index in [1.165, 1.54) is 0 Å². The van der Waals surface area contributed by atoms with E-state index in [0.717, 1.165) is 11.4 Å². The fourth-order valence-electron chi connectivity index (χ4n) is 1.39. The Labute approximate surface area is 96.3 Å². The fraction of sp³-hybridized carbons (Fsp3) is 0.385. The van der Waals surface area contributed by atoms with Gasteiger partial charge in [-0.05, 0) is 32.9 Å². The molecular formula is C13H16N2O. The van der Waals surface area contributed by atoms with Crippen molar-refractivity contribution < 1.29 is 4.79 Å². The molecule has 0 aliphatic heterocycles. The Hall–Kier alpha value is -1.82. The smallest absolute Gasteiger partial charge is 0.253 e. The molecule has 1 amide bonds. The molecular weight excluding hydrogens is 200 g/mol. The van der Waals surface area contributed by atoms with Gasteiger partial charge in [-0.2, -0.15) is 0 Å². The lowest BCUT2D eigenvalue weighted by molar-refractivity contribution is 0.0953. The minimum atomic E-state index is -0.0806. The second kappa shape index (κ2) is 5.92. The van der Waals surface area contributed by atoms with Gasteiger partial charge in [-0.25, -0.2) is 0 Å². The highest BCUT2D eigenvalue weighted by Crippen LogP contribution is 2.05. The Morgan fingerprint density at radius 2 is 2.19 bits per heavy atom. The number of rotatable bonds is 3. The van der Waals surface area contributed by atoms with Crippen molar-refractivity contribution >= 4 is 5.91 Å². The summed E-state index contributed by atoms with van der Waals surface area (Å²) in [4.78, 5) is 16.0. The Kier molecular flexibility index (Phi) is 4.53. The van der Waals surface area contributed by atoms with Crippen LogP contribution in [0.1, 0.15) is 35.1 Å². The third-order valence-corrected chi connectivity index (χ3v) is 2.18. The quantitative estimate of drug-likeness (QED) is 0.619. The summed E-state index contributed by atoms with van der Waals surface area (Å²) in [5.41, 5.74) is 2.32. The number of nitrogens with zero attached hydrogens (tertiary/aromatic N) is 1. The highest BCUT2D eigenvalue weighted by Gasteiger charge is 2.08. The number of nitrogens with one attached hydrogen (secondary N) is 1. The average molecular weight is 216 g/mol. The average Bonchev–Trinajstić information content (AvgIpc) is 2.24. The second-order valence-corrected chi connectivity index (χ2v) is 3.52. The van der Waals surface area contributed by atoms with Crippen molar-refractivity contribution in [2.75, 3.05) is 6.54 Å². The molecule has 0 saturated heterocycles. The molecule has 3 nitrogen and oxygen atoms in total. The number of hydrogen-bond acceptors (Lipinski definition) is 2. The monoisotopic (exact) mass is 216 g/mol. The van der Waals surface area contributed by atoms with E-state index in [1.54, 1.807) is 13.0 Å². The van der Waals surface area contributed by atoms with Crippen LogP contribution in [0.15, 0.2) is 12.1 Å². The van der Waals surface area contributed by atoms with Crippen LogP contribution in [0.2, 0.25) is 0 Å². The Bertz CT molecular complexity index is 441. The van der Waals surface area contributed by atoms with Gasteiger partial charge >= 0.3 is 0 Å². The van der Waals surface area contributed by atoms with E-state index in [0.29, 0.717) is 18.5 Å². The zero-order valence-corrected chi connectivity index (χ0v) is 9.92. The summed E-state index contributed by atoms with van der Waals surface area (Å²) >= 11 is 0. The number of pyridine rings is 1. The molecule has 0 radical (unpaired) electrons. The third-order valence-electron chi connectivity index (χ3n) is 2.18. The van der Waals surface area contributed by atoms with Gasteiger partial charge in [0.2, 0.25) is 0 Å². The molecule has 1 aromatic heterocycles. The van der Waals surface area contributed by atoms with Gasteiger partial charge in [0.05, 0.1) is 11.3 Å². The van der Waals surface area contributed by atoms with Gasteiger partial charge in [0.25, 0.3) is 5.91 Å². The molecule has 0 aliphatic carbocycles. The highest BCUT2D eigenvalue weighted by molar-refractivity contribution is 5.95. The van der Waals surface area contributed by atoms with E-state index in [-0.39, 0.29) is 5.91 Å². The highest BCUT2D eigenvalue weighted by atomic mass is 16.1. The van der Waals surface area contributed by atoms with Crippen molar-refractivity contribution in [2.24, 2.45) is 0 Å². The predicted octanol–water partition coefficient (Wildman–Crippen LogP) is 1.84. The molecule has 3 heteroatoms. The van der Waals surface area contributed by atoms with Crippen molar-refractivity contribution in [1.82, 2.24) is 10.3 Å². The number of amides is 1. The first-order chi connectivity index (χ1) is 7.65. The van der Waals surface area contributed by atoms with Gasteiger partial charge in [-0.15, -0.1) is 11.8 Å². The minimum Gasteiger partial charge on any atom is -0.351 e. The molecule has 1 heterocycles. The lowest BCUT2D eigenvalue weighted by atomic mass is 10.1. The molecule has 84 valence electrons. The van der Waals surface area contributed by atoms with Crippen LogP contribution in [0, 0.1) is 25.7 Å². The SMILES string of the molecule is CC#CCCNC(=O)c1ccc(C)nc1C. The maximum Gasteiger partial charge on any atom is 0.253 e. The lowest BCUT2D eigenvalue weighted by Crippen LogP contribution is -2.25. The van der Waals surface area contributed by atoms with Gasteiger partial charge in [0.15, 0.2) is 0 Å². The van der Waals surface area contributed by atoms with E-state index in [4.69, 9.17) is 0 Å². The molecule has 1 rings (SSSR count). The standard InChI is InChI=1S/C13H16N2O/c1-4-5-6-9-14-13(16)12-8-7-10(2)15-11(12)3/h7-8H,6,9H2,1-3H3,(H,14,16). The number of hydrogen-bond donors (Lipinski definition) is 1. The normalized spacial score (nSPS) is 9.19. The minimum absolute atomic E-state index is 0.0806. The maximum absolute atomic E-state index is 11.7. The van der Waals surface area contributed by atoms with Crippen molar-refractivity contribution in [2.45, 2.75) is 27.2 Å². The van der Waals surface area contributed by atoms with Gasteiger partial charge in [-0.3, -0.25) is 9.78 Å². The van der Waals surface area contributed by atoms with Crippen LogP contribution in [-0.2, 0) is 0 Å². The van der Waals surface area contributed by atoms with E-state index in [1.807, 2.05) is 19.9 Å². The molecule has 0 saturated carbocycles. The Balaban J connectivity index is 2.61. The summed E-state index contributed by atoms with van der Waals surface area (Å²) in [5.74, 6) is 5.60. The van der Waals surface area contributed by atoms with Crippen molar-refractivity contribution in [3.63, 3.8) is 0 Å². The van der Waals surface area contributed by atoms with Gasteiger partial charge in [0.1, 0.15) is 0 Å². The summed E-state index contributed by atoms with van der Waals surface area (Å²) in [7, 11) is 0. The zero-order valence-electron chi connectivity index (χ0n) is 9.92. The molecule has 1 N–H and O–H groups in total. The first-order valence-electron chi connectivity index (χ1n) is 5.27. The van der Waals surface area contributed by atoms with E-state index < -0.39 is 0 Å². The van der Waals surface area contributed by atoms with Crippen LogP contribution in [0.4, 0.5) is 0 Å². The largest absolute Gasteiger partial charge is 0.351 e.